The SMILES string of the molecule is [N-]=[N+]=Nc1ccc(N2CCN(C(=O)c3ccncc3)CC2)c(F)c1. The summed E-state index contributed by atoms with van der Waals surface area (Å²) in [5.41, 5.74) is 9.68. The van der Waals surface area contributed by atoms with Gasteiger partial charge < -0.3 is 9.80 Å². The van der Waals surface area contributed by atoms with Crippen molar-refractivity contribution in [1.29, 1.82) is 0 Å². The van der Waals surface area contributed by atoms with E-state index in [0.717, 1.165) is 0 Å². The van der Waals surface area contributed by atoms with E-state index in [9.17, 15) is 9.18 Å². The van der Waals surface area contributed by atoms with Crippen molar-refractivity contribution in [3.63, 3.8) is 0 Å². The van der Waals surface area contributed by atoms with Crippen LogP contribution in [0.5, 0.6) is 0 Å². The highest BCUT2D eigenvalue weighted by molar-refractivity contribution is 5.94. The fraction of sp³-hybridized carbons (Fsp3) is 0.250. The van der Waals surface area contributed by atoms with Crippen LogP contribution < -0.4 is 4.90 Å². The maximum atomic E-state index is 14.2. The lowest BCUT2D eigenvalue weighted by Crippen LogP contribution is -2.49. The number of hydrogen-bond donors (Lipinski definition) is 0. The molecule has 0 N–H and O–H groups in total. The van der Waals surface area contributed by atoms with Crippen molar-refractivity contribution in [1.82, 2.24) is 9.88 Å². The predicted octanol–water partition coefficient (Wildman–Crippen LogP) is 3.12. The molecule has 1 aliphatic heterocycles. The van der Waals surface area contributed by atoms with Crippen LogP contribution in [0.25, 0.3) is 10.4 Å². The van der Waals surface area contributed by atoms with E-state index in [2.05, 4.69) is 15.0 Å². The molecule has 0 aliphatic carbocycles. The van der Waals surface area contributed by atoms with Crippen molar-refractivity contribution >= 4 is 17.3 Å². The molecular formula is C16H15FN6O. The number of piperazine rings is 1. The summed E-state index contributed by atoms with van der Waals surface area (Å²) in [7, 11) is 0. The average Bonchev–Trinajstić information content (AvgIpc) is 2.62. The van der Waals surface area contributed by atoms with E-state index in [1.807, 2.05) is 4.90 Å². The maximum Gasteiger partial charge on any atom is 0.254 e. The minimum atomic E-state index is -0.436. The summed E-state index contributed by atoms with van der Waals surface area (Å²) in [6, 6.07) is 7.75. The molecule has 1 amide bonds. The molecule has 3 rings (SSSR count). The lowest BCUT2D eigenvalue weighted by Gasteiger charge is -2.36. The molecule has 0 bridgehead atoms. The van der Waals surface area contributed by atoms with Gasteiger partial charge in [0.25, 0.3) is 5.91 Å². The summed E-state index contributed by atoms with van der Waals surface area (Å²) in [6.07, 6.45) is 3.17. The first-order valence-electron chi connectivity index (χ1n) is 7.48. The number of pyridine rings is 1. The molecule has 2 aromatic rings. The molecule has 0 unspecified atom stereocenters. The lowest BCUT2D eigenvalue weighted by molar-refractivity contribution is 0.0746. The number of carbonyl (C=O) groups excluding carboxylic acids is 1. The van der Waals surface area contributed by atoms with Crippen LogP contribution >= 0.6 is 0 Å². The van der Waals surface area contributed by atoms with Gasteiger partial charge in [0.2, 0.25) is 0 Å². The number of rotatable bonds is 3. The molecule has 2 heterocycles. The van der Waals surface area contributed by atoms with Gasteiger partial charge in [-0.05, 0) is 29.8 Å². The van der Waals surface area contributed by atoms with Crippen molar-refractivity contribution in [2.45, 2.75) is 0 Å². The summed E-state index contributed by atoms with van der Waals surface area (Å²) in [5.74, 6) is -0.481. The van der Waals surface area contributed by atoms with Crippen LogP contribution in [0.1, 0.15) is 10.4 Å². The summed E-state index contributed by atoms with van der Waals surface area (Å²) in [4.78, 5) is 22.6. The van der Waals surface area contributed by atoms with Gasteiger partial charge in [-0.1, -0.05) is 11.2 Å². The highest BCUT2D eigenvalue weighted by Gasteiger charge is 2.23. The van der Waals surface area contributed by atoms with E-state index in [4.69, 9.17) is 5.53 Å². The van der Waals surface area contributed by atoms with E-state index < -0.39 is 5.82 Å². The van der Waals surface area contributed by atoms with E-state index in [1.54, 1.807) is 41.6 Å². The monoisotopic (exact) mass is 326 g/mol. The standard InChI is InChI=1S/C16H15FN6O/c17-14-11-13(20-21-18)1-2-15(14)22-7-9-23(10-8-22)16(24)12-3-5-19-6-4-12/h1-6,11H,7-10H2. The van der Waals surface area contributed by atoms with Crippen LogP contribution in [-0.4, -0.2) is 42.0 Å². The van der Waals surface area contributed by atoms with Gasteiger partial charge in [0, 0.05) is 54.7 Å². The molecule has 7 nitrogen and oxygen atoms in total. The second kappa shape index (κ2) is 6.97. The third-order valence-corrected chi connectivity index (χ3v) is 3.93. The summed E-state index contributed by atoms with van der Waals surface area (Å²) in [5, 5.41) is 3.39. The second-order valence-corrected chi connectivity index (χ2v) is 5.34. The van der Waals surface area contributed by atoms with Gasteiger partial charge in [-0.15, -0.1) is 0 Å². The van der Waals surface area contributed by atoms with Crippen molar-refractivity contribution in [2.75, 3.05) is 31.1 Å². The number of azide groups is 1. The van der Waals surface area contributed by atoms with Crippen LogP contribution in [0, 0.1) is 5.82 Å². The molecule has 8 heteroatoms. The Morgan fingerprint density at radius 2 is 1.88 bits per heavy atom. The van der Waals surface area contributed by atoms with Crippen LogP contribution in [0.15, 0.2) is 47.8 Å². The first kappa shape index (κ1) is 15.8. The molecular weight excluding hydrogens is 311 g/mol. The van der Waals surface area contributed by atoms with Crippen LogP contribution in [0.4, 0.5) is 15.8 Å². The smallest absolute Gasteiger partial charge is 0.254 e. The van der Waals surface area contributed by atoms with E-state index >= 15 is 0 Å². The molecule has 1 fully saturated rings. The first-order valence-corrected chi connectivity index (χ1v) is 7.48. The van der Waals surface area contributed by atoms with Gasteiger partial charge in [-0.3, -0.25) is 9.78 Å². The Kier molecular flexibility index (Phi) is 4.58. The number of benzene rings is 1. The van der Waals surface area contributed by atoms with E-state index in [0.29, 0.717) is 37.4 Å². The molecule has 0 spiro atoms. The Labute approximate surface area is 138 Å². The molecule has 122 valence electrons. The Bertz CT molecular complexity index is 782. The van der Waals surface area contributed by atoms with Gasteiger partial charge in [-0.2, -0.15) is 0 Å². The number of amides is 1. The highest BCUT2D eigenvalue weighted by Crippen LogP contribution is 2.25. The number of carbonyl (C=O) groups is 1. The van der Waals surface area contributed by atoms with Gasteiger partial charge >= 0.3 is 0 Å². The van der Waals surface area contributed by atoms with Crippen LogP contribution in [0.2, 0.25) is 0 Å². The average molecular weight is 326 g/mol. The van der Waals surface area contributed by atoms with E-state index in [1.165, 1.54) is 6.07 Å². The van der Waals surface area contributed by atoms with Crippen molar-refractivity contribution in [2.24, 2.45) is 5.11 Å². The Hall–Kier alpha value is -3.12. The minimum absolute atomic E-state index is 0.0452. The van der Waals surface area contributed by atoms with Gasteiger partial charge in [0.15, 0.2) is 0 Å². The molecule has 24 heavy (non-hydrogen) atoms. The Morgan fingerprint density at radius 3 is 2.50 bits per heavy atom. The number of anilines is 1. The van der Waals surface area contributed by atoms with Gasteiger partial charge in [0.05, 0.1) is 5.69 Å². The number of hydrogen-bond acceptors (Lipinski definition) is 4. The number of aromatic nitrogens is 1. The summed E-state index contributed by atoms with van der Waals surface area (Å²) in [6.45, 7) is 2.10. The maximum absolute atomic E-state index is 14.2. The van der Waals surface area contributed by atoms with Crippen LogP contribution in [0.3, 0.4) is 0 Å². The molecule has 1 aromatic carbocycles. The molecule has 0 saturated carbocycles. The minimum Gasteiger partial charge on any atom is -0.366 e. The fourth-order valence-electron chi connectivity index (χ4n) is 2.69. The zero-order chi connectivity index (χ0) is 16.9. The number of halogens is 1. The highest BCUT2D eigenvalue weighted by atomic mass is 19.1. The second-order valence-electron chi connectivity index (χ2n) is 5.34. The molecule has 1 saturated heterocycles. The molecule has 0 radical (unpaired) electrons. The number of nitrogens with zero attached hydrogens (tertiary/aromatic N) is 6. The largest absolute Gasteiger partial charge is 0.366 e. The molecule has 1 aromatic heterocycles. The Balaban J connectivity index is 1.67. The zero-order valence-corrected chi connectivity index (χ0v) is 12.8. The molecule has 1 aliphatic rings. The van der Waals surface area contributed by atoms with Crippen LogP contribution in [-0.2, 0) is 0 Å². The fourth-order valence-corrected chi connectivity index (χ4v) is 2.69. The normalized spacial score (nSPS) is 14.2. The zero-order valence-electron chi connectivity index (χ0n) is 12.8. The van der Waals surface area contributed by atoms with Gasteiger partial charge in [-0.25, -0.2) is 4.39 Å². The summed E-state index contributed by atoms with van der Waals surface area (Å²) < 4.78 is 14.2. The first-order chi connectivity index (χ1) is 11.7. The topological polar surface area (TPSA) is 85.2 Å². The lowest BCUT2D eigenvalue weighted by atomic mass is 10.2. The molecule has 0 atom stereocenters. The summed E-state index contributed by atoms with van der Waals surface area (Å²) >= 11 is 0. The van der Waals surface area contributed by atoms with E-state index in [-0.39, 0.29) is 11.6 Å². The predicted molar refractivity (Wildman–Crippen MR) is 87.6 cm³/mol. The van der Waals surface area contributed by atoms with Gasteiger partial charge in [0.1, 0.15) is 5.82 Å². The van der Waals surface area contributed by atoms with Crippen molar-refractivity contribution in [3.05, 3.63) is 64.5 Å². The van der Waals surface area contributed by atoms with Crippen molar-refractivity contribution < 1.29 is 9.18 Å². The Morgan fingerprint density at radius 1 is 1.17 bits per heavy atom. The van der Waals surface area contributed by atoms with Crippen molar-refractivity contribution in [3.8, 4) is 0 Å². The quantitative estimate of drug-likeness (QED) is 0.493. The third kappa shape index (κ3) is 3.28. The third-order valence-electron chi connectivity index (χ3n) is 3.93.